The number of aliphatic imine (C=N–C) groups is 1. The Balaban J connectivity index is 1.55. The summed E-state index contributed by atoms with van der Waals surface area (Å²) in [7, 11) is 0. The molecule has 1 amide bonds. The number of likely N-dealkylation sites (tertiary alicyclic amines) is 1. The van der Waals surface area contributed by atoms with Gasteiger partial charge in [-0.05, 0) is 67.1 Å². The van der Waals surface area contributed by atoms with Gasteiger partial charge in [-0.25, -0.2) is 4.39 Å². The molecule has 1 unspecified atom stereocenters. The Hall–Kier alpha value is -3.58. The number of carbonyl (C=O) groups is 1. The number of anilines is 1. The average molecular weight is 518 g/mol. The van der Waals surface area contributed by atoms with Gasteiger partial charge in [-0.3, -0.25) is 9.79 Å². The van der Waals surface area contributed by atoms with Gasteiger partial charge in [-0.1, -0.05) is 12.1 Å². The number of halogens is 1. The number of aliphatic hydroxyl groups excluding tert-OH is 1. The van der Waals surface area contributed by atoms with E-state index in [9.17, 15) is 14.3 Å². The molecule has 0 bridgehead atoms. The lowest BCUT2D eigenvalue weighted by molar-refractivity contribution is 0.0713. The summed E-state index contributed by atoms with van der Waals surface area (Å²) in [5, 5.41) is 18.7. The number of aliphatic hydroxyl groups is 1. The van der Waals surface area contributed by atoms with Gasteiger partial charge in [0, 0.05) is 47.0 Å². The minimum Gasteiger partial charge on any atom is -0.398 e. The van der Waals surface area contributed by atoms with Crippen molar-refractivity contribution in [2.24, 2.45) is 10.7 Å². The first kappa shape index (κ1) is 25.1. The normalized spacial score (nSPS) is 21.6. The van der Waals surface area contributed by atoms with E-state index in [2.05, 4.69) is 4.99 Å². The maximum atomic E-state index is 14.6. The van der Waals surface area contributed by atoms with Crippen LogP contribution in [0.5, 0.6) is 0 Å². The van der Waals surface area contributed by atoms with Crippen molar-refractivity contribution in [3.05, 3.63) is 64.3 Å². The van der Waals surface area contributed by atoms with Gasteiger partial charge < -0.3 is 21.5 Å². The molecule has 2 heterocycles. The predicted molar refractivity (Wildman–Crippen MR) is 144 cm³/mol. The number of carbonyl (C=O) groups excluding carboxylic acids is 1. The van der Waals surface area contributed by atoms with Gasteiger partial charge in [0.15, 0.2) is 0 Å². The molecule has 1 aliphatic carbocycles. The molecule has 2 aromatic carbocycles. The van der Waals surface area contributed by atoms with E-state index in [4.69, 9.17) is 16.7 Å². The molecule has 2 fully saturated rings. The molecule has 1 saturated carbocycles. The zero-order chi connectivity index (χ0) is 26.1. The molecule has 0 spiro atoms. The topological polar surface area (TPSA) is 129 Å². The van der Waals surface area contributed by atoms with Crippen LogP contribution in [-0.2, 0) is 0 Å². The molecule has 1 atom stereocenters. The number of nitrogen functional groups attached to an aromatic ring is 1. The SMILES string of the molecule is N#Cc1ccc(-c2cc(C(=O)N3CCCC(N)C3)sc2-c2ccc(N)c(C=NC3CC(O)C3)c2)cc1F. The van der Waals surface area contributed by atoms with E-state index in [0.717, 1.165) is 28.8 Å². The van der Waals surface area contributed by atoms with Gasteiger partial charge in [0.2, 0.25) is 0 Å². The third kappa shape index (κ3) is 5.27. The highest BCUT2D eigenvalue weighted by molar-refractivity contribution is 7.18. The van der Waals surface area contributed by atoms with Crippen molar-refractivity contribution in [2.45, 2.75) is 43.9 Å². The van der Waals surface area contributed by atoms with Crippen molar-refractivity contribution in [3.63, 3.8) is 0 Å². The lowest BCUT2D eigenvalue weighted by Crippen LogP contribution is -2.45. The number of rotatable bonds is 5. The van der Waals surface area contributed by atoms with E-state index < -0.39 is 5.82 Å². The van der Waals surface area contributed by atoms with Crippen LogP contribution >= 0.6 is 11.3 Å². The maximum Gasteiger partial charge on any atom is 0.264 e. The molecule has 9 heteroatoms. The third-order valence-electron chi connectivity index (χ3n) is 6.95. The van der Waals surface area contributed by atoms with Crippen LogP contribution in [0.3, 0.4) is 0 Å². The first-order chi connectivity index (χ1) is 17.8. The zero-order valence-corrected chi connectivity index (χ0v) is 21.0. The monoisotopic (exact) mass is 517 g/mol. The molecule has 0 radical (unpaired) electrons. The van der Waals surface area contributed by atoms with E-state index in [-0.39, 0.29) is 29.7 Å². The summed E-state index contributed by atoms with van der Waals surface area (Å²) in [5.41, 5.74) is 15.7. The Morgan fingerprint density at radius 1 is 1.22 bits per heavy atom. The van der Waals surface area contributed by atoms with Crippen molar-refractivity contribution in [1.82, 2.24) is 4.90 Å². The van der Waals surface area contributed by atoms with Crippen LogP contribution in [0.2, 0.25) is 0 Å². The molecule has 5 rings (SSSR count). The second-order valence-corrected chi connectivity index (χ2v) is 10.8. The van der Waals surface area contributed by atoms with Crippen molar-refractivity contribution in [1.29, 1.82) is 5.26 Å². The van der Waals surface area contributed by atoms with Crippen LogP contribution in [0.4, 0.5) is 10.1 Å². The fourth-order valence-corrected chi connectivity index (χ4v) is 5.89. The van der Waals surface area contributed by atoms with Gasteiger partial charge in [-0.2, -0.15) is 5.26 Å². The minimum atomic E-state index is -0.611. The highest BCUT2D eigenvalue weighted by Gasteiger charge is 2.27. The molecular weight excluding hydrogens is 489 g/mol. The minimum absolute atomic E-state index is 0.0359. The number of hydrogen-bond acceptors (Lipinski definition) is 7. The van der Waals surface area contributed by atoms with E-state index in [0.29, 0.717) is 47.6 Å². The Bertz CT molecular complexity index is 1410. The van der Waals surface area contributed by atoms with Crippen molar-refractivity contribution in [2.75, 3.05) is 18.8 Å². The Morgan fingerprint density at radius 2 is 2.00 bits per heavy atom. The van der Waals surface area contributed by atoms with Crippen molar-refractivity contribution >= 4 is 29.1 Å². The summed E-state index contributed by atoms with van der Waals surface area (Å²) in [6.07, 6.45) is 4.47. The van der Waals surface area contributed by atoms with Crippen LogP contribution in [0, 0.1) is 17.1 Å². The second kappa shape index (κ2) is 10.4. The van der Waals surface area contributed by atoms with Crippen molar-refractivity contribution in [3.8, 4) is 27.6 Å². The van der Waals surface area contributed by atoms with Gasteiger partial charge in [0.05, 0.1) is 22.6 Å². The fourth-order valence-electron chi connectivity index (χ4n) is 4.74. The van der Waals surface area contributed by atoms with Crippen LogP contribution in [0.1, 0.15) is 46.5 Å². The largest absolute Gasteiger partial charge is 0.398 e. The van der Waals surface area contributed by atoms with Gasteiger partial charge in [-0.15, -0.1) is 11.3 Å². The molecule has 1 saturated heterocycles. The quantitative estimate of drug-likeness (QED) is 0.345. The predicted octanol–water partition coefficient (Wildman–Crippen LogP) is 4.18. The number of benzene rings is 2. The second-order valence-electron chi connectivity index (χ2n) is 9.71. The maximum absolute atomic E-state index is 14.6. The van der Waals surface area contributed by atoms with Gasteiger partial charge in [0.25, 0.3) is 5.91 Å². The van der Waals surface area contributed by atoms with Crippen LogP contribution in [0.25, 0.3) is 21.6 Å². The number of nitrogens with zero attached hydrogens (tertiary/aromatic N) is 3. The summed E-state index contributed by atoms with van der Waals surface area (Å²) >= 11 is 1.34. The van der Waals surface area contributed by atoms with E-state index in [1.54, 1.807) is 29.3 Å². The van der Waals surface area contributed by atoms with Crippen molar-refractivity contribution < 1.29 is 14.3 Å². The Kier molecular flexibility index (Phi) is 7.07. The van der Waals surface area contributed by atoms with Gasteiger partial charge in [0.1, 0.15) is 11.9 Å². The third-order valence-corrected chi connectivity index (χ3v) is 8.12. The van der Waals surface area contributed by atoms with Gasteiger partial charge >= 0.3 is 0 Å². The lowest BCUT2D eigenvalue weighted by atomic mass is 9.90. The fraction of sp³-hybridized carbons (Fsp3) is 0.321. The molecule has 190 valence electrons. The lowest BCUT2D eigenvalue weighted by Gasteiger charge is -2.30. The summed E-state index contributed by atoms with van der Waals surface area (Å²) in [4.78, 5) is 21.1. The van der Waals surface area contributed by atoms with Crippen LogP contribution in [0.15, 0.2) is 47.5 Å². The number of nitrogens with two attached hydrogens (primary N) is 2. The number of nitriles is 1. The molecular formula is C28H28FN5O2S. The first-order valence-electron chi connectivity index (χ1n) is 12.3. The molecule has 37 heavy (non-hydrogen) atoms. The summed E-state index contributed by atoms with van der Waals surface area (Å²) in [6.45, 7) is 1.16. The Morgan fingerprint density at radius 3 is 2.70 bits per heavy atom. The number of hydrogen-bond donors (Lipinski definition) is 3. The van der Waals surface area contributed by atoms with E-state index in [1.165, 1.54) is 23.5 Å². The van der Waals surface area contributed by atoms with E-state index in [1.807, 2.05) is 18.2 Å². The average Bonchev–Trinajstić information content (AvgIpc) is 3.32. The van der Waals surface area contributed by atoms with Crippen LogP contribution in [-0.4, -0.2) is 53.4 Å². The molecule has 5 N–H and O–H groups in total. The smallest absolute Gasteiger partial charge is 0.264 e. The molecule has 3 aromatic rings. The number of piperidine rings is 1. The zero-order valence-electron chi connectivity index (χ0n) is 20.2. The van der Waals surface area contributed by atoms with E-state index >= 15 is 0 Å². The standard InChI is InChI=1S/C28H28FN5O2S/c29-24-9-16(3-4-18(24)13-30)23-12-26(28(36)34-7-1-2-20(31)15-34)37-27(23)17-5-6-25(32)19(8-17)14-33-21-10-22(35)11-21/h3-6,8-9,12,14,20-22,35H,1-2,7,10-11,15,31-32H2. The number of amides is 1. The summed E-state index contributed by atoms with van der Waals surface area (Å²) in [5.74, 6) is -0.706. The molecule has 1 aliphatic heterocycles. The Labute approximate surface area is 218 Å². The molecule has 1 aromatic heterocycles. The number of thiophene rings is 1. The molecule has 2 aliphatic rings. The summed E-state index contributed by atoms with van der Waals surface area (Å²) in [6, 6.07) is 13.7. The first-order valence-corrected chi connectivity index (χ1v) is 13.1. The highest BCUT2D eigenvalue weighted by atomic mass is 32.1. The molecule has 7 nitrogen and oxygen atoms in total. The van der Waals surface area contributed by atoms with Crippen LogP contribution < -0.4 is 11.5 Å². The highest BCUT2D eigenvalue weighted by Crippen LogP contribution is 2.41. The summed E-state index contributed by atoms with van der Waals surface area (Å²) < 4.78 is 14.6.